The van der Waals surface area contributed by atoms with Gasteiger partial charge >= 0.3 is 0 Å². The number of fused-ring (bicyclic) bond motifs is 1. The van der Waals surface area contributed by atoms with Crippen molar-refractivity contribution in [3.63, 3.8) is 0 Å². The Balaban J connectivity index is 2.70. The summed E-state index contributed by atoms with van der Waals surface area (Å²) in [6.07, 6.45) is 5.91. The summed E-state index contributed by atoms with van der Waals surface area (Å²) in [4.78, 5) is 0. The van der Waals surface area contributed by atoms with Gasteiger partial charge in [-0.25, -0.2) is 0 Å². The molecule has 0 nitrogen and oxygen atoms in total. The second kappa shape index (κ2) is 4.68. The Morgan fingerprint density at radius 3 is 2.18 bits per heavy atom. The molecule has 0 bridgehead atoms. The van der Waals surface area contributed by atoms with Crippen molar-refractivity contribution in [1.29, 1.82) is 0 Å². The number of rotatable bonds is 3. The van der Waals surface area contributed by atoms with Crippen molar-refractivity contribution in [2.75, 3.05) is 0 Å². The molecule has 0 fully saturated rings. The minimum atomic E-state index is 0.617. The molecule has 1 atom stereocenters. The highest BCUT2D eigenvalue weighted by molar-refractivity contribution is 5.71. The van der Waals surface area contributed by atoms with E-state index in [0.717, 1.165) is 12.8 Å². The molecule has 2 rings (SSSR count). The van der Waals surface area contributed by atoms with Crippen LogP contribution in [0.5, 0.6) is 0 Å². The van der Waals surface area contributed by atoms with E-state index >= 15 is 0 Å². The molecule has 1 unspecified atom stereocenters. The first-order chi connectivity index (χ1) is 8.13. The Bertz CT molecular complexity index is 463. The van der Waals surface area contributed by atoms with Crippen molar-refractivity contribution in [1.82, 2.24) is 0 Å². The lowest BCUT2D eigenvalue weighted by atomic mass is 9.87. The summed E-state index contributed by atoms with van der Waals surface area (Å²) in [5.41, 5.74) is 9.39. The third kappa shape index (κ3) is 1.84. The molecular weight excluding hydrogens is 204 g/mol. The molecular formula is C17H24. The molecule has 1 aromatic rings. The van der Waals surface area contributed by atoms with Gasteiger partial charge in [0.25, 0.3) is 0 Å². The van der Waals surface area contributed by atoms with E-state index in [9.17, 15) is 0 Å². The van der Waals surface area contributed by atoms with E-state index in [2.05, 4.69) is 46.8 Å². The van der Waals surface area contributed by atoms with Crippen molar-refractivity contribution in [3.05, 3.63) is 39.5 Å². The zero-order valence-electron chi connectivity index (χ0n) is 11.9. The van der Waals surface area contributed by atoms with E-state index in [-0.39, 0.29) is 0 Å². The van der Waals surface area contributed by atoms with Crippen LogP contribution in [0.25, 0.3) is 6.08 Å². The summed E-state index contributed by atoms with van der Waals surface area (Å²) < 4.78 is 0. The highest BCUT2D eigenvalue weighted by atomic mass is 14.3. The molecule has 1 aromatic carbocycles. The number of allylic oxidation sites excluding steroid dienone is 1. The predicted octanol–water partition coefficient (Wildman–Crippen LogP) is 4.89. The molecule has 0 aliphatic heterocycles. The van der Waals surface area contributed by atoms with Gasteiger partial charge in [0.1, 0.15) is 0 Å². The molecule has 0 saturated carbocycles. The van der Waals surface area contributed by atoms with Crippen LogP contribution in [0.4, 0.5) is 0 Å². The van der Waals surface area contributed by atoms with Gasteiger partial charge in [-0.05, 0) is 54.0 Å². The summed E-state index contributed by atoms with van der Waals surface area (Å²) in [6.45, 7) is 11.5. The summed E-state index contributed by atoms with van der Waals surface area (Å²) in [5.74, 6) is 0.617. The third-order valence-corrected chi connectivity index (χ3v) is 4.33. The minimum Gasteiger partial charge on any atom is -0.0655 e. The first-order valence-corrected chi connectivity index (χ1v) is 6.99. The van der Waals surface area contributed by atoms with Crippen LogP contribution < -0.4 is 0 Å². The maximum atomic E-state index is 2.46. The van der Waals surface area contributed by atoms with Crippen LogP contribution in [0.1, 0.15) is 68.4 Å². The molecule has 0 aromatic heterocycles. The molecule has 1 aliphatic rings. The van der Waals surface area contributed by atoms with Crippen LogP contribution >= 0.6 is 0 Å². The summed E-state index contributed by atoms with van der Waals surface area (Å²) in [5, 5.41) is 0. The van der Waals surface area contributed by atoms with Gasteiger partial charge in [0, 0.05) is 5.92 Å². The molecule has 0 spiro atoms. The summed E-state index contributed by atoms with van der Waals surface area (Å²) >= 11 is 0. The van der Waals surface area contributed by atoms with E-state index in [1.807, 2.05) is 0 Å². The Morgan fingerprint density at radius 2 is 1.65 bits per heavy atom. The monoisotopic (exact) mass is 228 g/mol. The molecule has 17 heavy (non-hydrogen) atoms. The Morgan fingerprint density at radius 1 is 1.00 bits per heavy atom. The zero-order chi connectivity index (χ0) is 12.6. The van der Waals surface area contributed by atoms with Gasteiger partial charge in [-0.1, -0.05) is 45.4 Å². The van der Waals surface area contributed by atoms with E-state index in [0.29, 0.717) is 5.92 Å². The normalized spacial score (nSPS) is 18.2. The maximum absolute atomic E-state index is 2.46. The smallest absolute Gasteiger partial charge is 0.00265 e. The second-order valence-electron chi connectivity index (χ2n) is 5.17. The third-order valence-electron chi connectivity index (χ3n) is 4.33. The average Bonchev–Trinajstić information content (AvgIpc) is 2.63. The van der Waals surface area contributed by atoms with Gasteiger partial charge in [-0.2, -0.15) is 0 Å². The van der Waals surface area contributed by atoms with Gasteiger partial charge in [0.15, 0.2) is 0 Å². The van der Waals surface area contributed by atoms with Gasteiger partial charge in [0.05, 0.1) is 0 Å². The van der Waals surface area contributed by atoms with Gasteiger partial charge < -0.3 is 0 Å². The highest BCUT2D eigenvalue weighted by Gasteiger charge is 2.23. The summed E-state index contributed by atoms with van der Waals surface area (Å²) in [7, 11) is 0. The lowest BCUT2D eigenvalue weighted by molar-refractivity contribution is 0.898. The minimum absolute atomic E-state index is 0.617. The van der Waals surface area contributed by atoms with Crippen LogP contribution in [-0.2, 0) is 19.3 Å². The zero-order valence-corrected chi connectivity index (χ0v) is 11.9. The van der Waals surface area contributed by atoms with Crippen molar-refractivity contribution < 1.29 is 0 Å². The molecule has 92 valence electrons. The van der Waals surface area contributed by atoms with E-state index in [4.69, 9.17) is 0 Å². The first-order valence-electron chi connectivity index (χ1n) is 6.99. The van der Waals surface area contributed by atoms with Gasteiger partial charge in [-0.15, -0.1) is 0 Å². The van der Waals surface area contributed by atoms with Crippen LogP contribution in [0.2, 0.25) is 0 Å². The van der Waals surface area contributed by atoms with Crippen molar-refractivity contribution in [3.8, 4) is 0 Å². The maximum Gasteiger partial charge on any atom is 0.00265 e. The number of benzene rings is 1. The lowest BCUT2D eigenvalue weighted by Crippen LogP contribution is -2.04. The Labute approximate surface area is 106 Å². The number of hydrogen-bond acceptors (Lipinski definition) is 0. The van der Waals surface area contributed by atoms with Crippen molar-refractivity contribution in [2.45, 2.75) is 59.8 Å². The standard InChI is InChI=1S/C17H24/c1-6-13-10-16-12(5)11(4)9-17(16)15(8-3)14(13)7-2/h9-10,12H,6-8H2,1-5H3. The molecule has 0 N–H and O–H groups in total. The number of aryl methyl sites for hydroxylation is 1. The first kappa shape index (κ1) is 12.4. The molecule has 0 amide bonds. The van der Waals surface area contributed by atoms with E-state index in [1.165, 1.54) is 17.6 Å². The fourth-order valence-electron chi connectivity index (χ4n) is 3.17. The predicted molar refractivity (Wildman–Crippen MR) is 76.6 cm³/mol. The van der Waals surface area contributed by atoms with Crippen LogP contribution in [0.3, 0.4) is 0 Å². The highest BCUT2D eigenvalue weighted by Crippen LogP contribution is 2.40. The molecule has 0 heterocycles. The SMILES string of the molecule is CCc1cc2c(c(CC)c1CC)C=C(C)C2C. The summed E-state index contributed by atoms with van der Waals surface area (Å²) in [6, 6.07) is 2.46. The Kier molecular flexibility index (Phi) is 3.42. The van der Waals surface area contributed by atoms with Gasteiger partial charge in [-0.3, -0.25) is 0 Å². The van der Waals surface area contributed by atoms with Crippen LogP contribution in [0.15, 0.2) is 11.6 Å². The molecule has 0 radical (unpaired) electrons. The number of hydrogen-bond donors (Lipinski definition) is 0. The largest absolute Gasteiger partial charge is 0.0655 e. The van der Waals surface area contributed by atoms with Crippen LogP contribution in [0, 0.1) is 0 Å². The van der Waals surface area contributed by atoms with Gasteiger partial charge in [0.2, 0.25) is 0 Å². The fraction of sp³-hybridized carbons (Fsp3) is 0.529. The lowest BCUT2D eigenvalue weighted by Gasteiger charge is -2.18. The Hall–Kier alpha value is -1.04. The fourth-order valence-corrected chi connectivity index (χ4v) is 3.17. The molecule has 0 saturated heterocycles. The molecule has 0 heteroatoms. The quantitative estimate of drug-likeness (QED) is 0.690. The van der Waals surface area contributed by atoms with Crippen LogP contribution in [-0.4, -0.2) is 0 Å². The second-order valence-corrected chi connectivity index (χ2v) is 5.17. The average molecular weight is 228 g/mol. The van der Waals surface area contributed by atoms with E-state index in [1.54, 1.807) is 22.3 Å². The van der Waals surface area contributed by atoms with E-state index < -0.39 is 0 Å². The molecule has 1 aliphatic carbocycles. The van der Waals surface area contributed by atoms with Crippen molar-refractivity contribution in [2.24, 2.45) is 0 Å². The van der Waals surface area contributed by atoms with Crippen molar-refractivity contribution >= 4 is 6.08 Å². The topological polar surface area (TPSA) is 0 Å².